The van der Waals surface area contributed by atoms with Crippen molar-refractivity contribution in [2.24, 2.45) is 0 Å². The average molecular weight is 202 g/mol. The lowest BCUT2D eigenvalue weighted by Gasteiger charge is -2.16. The van der Waals surface area contributed by atoms with Crippen molar-refractivity contribution in [2.45, 2.75) is 25.7 Å². The van der Waals surface area contributed by atoms with Gasteiger partial charge in [0.25, 0.3) is 5.92 Å². The van der Waals surface area contributed by atoms with E-state index < -0.39 is 5.92 Å². The van der Waals surface area contributed by atoms with Gasteiger partial charge in [0.05, 0.1) is 0 Å². The molecule has 1 nitrogen and oxygen atoms in total. The van der Waals surface area contributed by atoms with Crippen LogP contribution in [0.2, 0.25) is 0 Å². The molecule has 14 heavy (non-hydrogen) atoms. The Hall–Kier alpha value is -0.960. The summed E-state index contributed by atoms with van der Waals surface area (Å²) < 4.78 is 26.7. The molecule has 0 saturated heterocycles. The van der Waals surface area contributed by atoms with Gasteiger partial charge in [-0.25, -0.2) is 8.78 Å². The molecule has 0 aliphatic heterocycles. The molecule has 0 bridgehead atoms. The average Bonchev–Trinajstić information content (AvgIpc) is 2.16. The molecular formula is C11H16F2O. The zero-order valence-electron chi connectivity index (χ0n) is 8.34. The molecule has 3 heteroatoms. The Bertz CT molecular complexity index is 229. The van der Waals surface area contributed by atoms with Crippen molar-refractivity contribution in [3.05, 3.63) is 36.5 Å². The molecule has 0 amide bonds. The highest BCUT2D eigenvalue weighted by molar-refractivity contribution is 5.27. The lowest BCUT2D eigenvalue weighted by atomic mass is 10.0. The summed E-state index contributed by atoms with van der Waals surface area (Å²) >= 11 is 0. The normalized spacial score (nSPS) is 13.6. The van der Waals surface area contributed by atoms with Gasteiger partial charge in [0, 0.05) is 18.6 Å². The second-order valence-electron chi connectivity index (χ2n) is 2.87. The summed E-state index contributed by atoms with van der Waals surface area (Å²) in [5.41, 5.74) is -0.0362. The van der Waals surface area contributed by atoms with E-state index in [0.717, 1.165) is 0 Å². The first-order valence-corrected chi connectivity index (χ1v) is 4.53. The molecule has 0 aromatic rings. The van der Waals surface area contributed by atoms with E-state index in [1.807, 2.05) is 0 Å². The van der Waals surface area contributed by atoms with Gasteiger partial charge in [-0.2, -0.15) is 0 Å². The number of aliphatic hydroxyl groups excluding tert-OH is 1. The predicted octanol–water partition coefficient (Wildman–Crippen LogP) is 3.08. The third-order valence-electron chi connectivity index (χ3n) is 1.79. The lowest BCUT2D eigenvalue weighted by molar-refractivity contribution is 0.0289. The molecule has 0 unspecified atom stereocenters. The summed E-state index contributed by atoms with van der Waals surface area (Å²) in [6.07, 6.45) is 5.41. The zero-order valence-corrected chi connectivity index (χ0v) is 8.34. The molecule has 0 rings (SSSR count). The molecule has 0 heterocycles. The van der Waals surface area contributed by atoms with Gasteiger partial charge in [-0.15, -0.1) is 0 Å². The molecule has 0 aromatic heterocycles. The standard InChI is InChI=1S/C11H16F2O/c1-3-5-7-10(4-2)11(12,13)8-6-9-14/h3-5,7,14H,1,6,8-9H2,2H3/b7-5-,10-4+. The Morgan fingerprint density at radius 3 is 2.57 bits per heavy atom. The molecule has 0 atom stereocenters. The van der Waals surface area contributed by atoms with E-state index >= 15 is 0 Å². The highest BCUT2D eigenvalue weighted by Gasteiger charge is 2.30. The van der Waals surface area contributed by atoms with E-state index in [1.54, 1.807) is 6.92 Å². The van der Waals surface area contributed by atoms with Gasteiger partial charge in [0.15, 0.2) is 0 Å². The highest BCUT2D eigenvalue weighted by Crippen LogP contribution is 2.30. The van der Waals surface area contributed by atoms with Crippen LogP contribution in [-0.2, 0) is 0 Å². The Kier molecular flexibility index (Phi) is 6.04. The second-order valence-corrected chi connectivity index (χ2v) is 2.87. The summed E-state index contributed by atoms with van der Waals surface area (Å²) in [4.78, 5) is 0. The molecular weight excluding hydrogens is 186 g/mol. The van der Waals surface area contributed by atoms with Crippen molar-refractivity contribution in [3.8, 4) is 0 Å². The first kappa shape index (κ1) is 13.0. The second kappa shape index (κ2) is 6.49. The SMILES string of the molecule is C=C/C=C\C(=C/C)C(F)(F)CCCO. The molecule has 0 radical (unpaired) electrons. The van der Waals surface area contributed by atoms with E-state index in [-0.39, 0.29) is 25.0 Å². The van der Waals surface area contributed by atoms with Gasteiger partial charge in [0.2, 0.25) is 0 Å². The van der Waals surface area contributed by atoms with Crippen molar-refractivity contribution < 1.29 is 13.9 Å². The molecule has 0 spiro atoms. The zero-order chi connectivity index (χ0) is 11.0. The molecule has 1 N–H and O–H groups in total. The van der Waals surface area contributed by atoms with Gasteiger partial charge < -0.3 is 5.11 Å². The van der Waals surface area contributed by atoms with Crippen LogP contribution in [0.3, 0.4) is 0 Å². The molecule has 80 valence electrons. The van der Waals surface area contributed by atoms with E-state index in [0.29, 0.717) is 0 Å². The van der Waals surface area contributed by atoms with Crippen molar-refractivity contribution in [3.63, 3.8) is 0 Å². The molecule has 0 aromatic carbocycles. The summed E-state index contributed by atoms with van der Waals surface area (Å²) in [6, 6.07) is 0. The van der Waals surface area contributed by atoms with Crippen LogP contribution in [0.1, 0.15) is 19.8 Å². The number of aliphatic hydroxyl groups is 1. The van der Waals surface area contributed by atoms with Gasteiger partial charge in [-0.3, -0.25) is 0 Å². The molecule has 0 aliphatic rings. The smallest absolute Gasteiger partial charge is 0.273 e. The fraction of sp³-hybridized carbons (Fsp3) is 0.455. The van der Waals surface area contributed by atoms with Crippen LogP contribution in [0.4, 0.5) is 8.78 Å². The van der Waals surface area contributed by atoms with Crippen molar-refractivity contribution in [1.82, 2.24) is 0 Å². The van der Waals surface area contributed by atoms with Crippen molar-refractivity contribution in [2.75, 3.05) is 6.61 Å². The minimum atomic E-state index is -2.86. The Morgan fingerprint density at radius 2 is 2.14 bits per heavy atom. The number of alkyl halides is 2. The van der Waals surface area contributed by atoms with Crippen LogP contribution in [0.15, 0.2) is 36.5 Å². The third kappa shape index (κ3) is 4.33. The van der Waals surface area contributed by atoms with Crippen LogP contribution in [0.25, 0.3) is 0 Å². The predicted molar refractivity (Wildman–Crippen MR) is 54.4 cm³/mol. The number of rotatable bonds is 6. The van der Waals surface area contributed by atoms with E-state index in [1.165, 1.54) is 24.3 Å². The summed E-state index contributed by atoms with van der Waals surface area (Å²) in [7, 11) is 0. The summed E-state index contributed by atoms with van der Waals surface area (Å²) in [5.74, 6) is -2.86. The third-order valence-corrected chi connectivity index (χ3v) is 1.79. The van der Waals surface area contributed by atoms with Crippen LogP contribution >= 0.6 is 0 Å². The number of hydrogen-bond donors (Lipinski definition) is 1. The highest BCUT2D eigenvalue weighted by atomic mass is 19.3. The number of hydrogen-bond acceptors (Lipinski definition) is 1. The number of allylic oxidation sites excluding steroid dienone is 5. The van der Waals surface area contributed by atoms with E-state index in [4.69, 9.17) is 5.11 Å². The topological polar surface area (TPSA) is 20.2 Å². The fourth-order valence-electron chi connectivity index (χ4n) is 1.05. The molecule has 0 fully saturated rings. The maximum atomic E-state index is 13.3. The maximum Gasteiger partial charge on any atom is 0.273 e. The van der Waals surface area contributed by atoms with Gasteiger partial charge in [0.1, 0.15) is 0 Å². The van der Waals surface area contributed by atoms with Crippen LogP contribution in [0.5, 0.6) is 0 Å². The van der Waals surface area contributed by atoms with Crippen molar-refractivity contribution >= 4 is 0 Å². The van der Waals surface area contributed by atoms with Crippen molar-refractivity contribution in [1.29, 1.82) is 0 Å². The van der Waals surface area contributed by atoms with Gasteiger partial charge in [-0.05, 0) is 13.3 Å². The first-order chi connectivity index (χ1) is 6.58. The van der Waals surface area contributed by atoms with E-state index in [9.17, 15) is 8.78 Å². The lowest BCUT2D eigenvalue weighted by Crippen LogP contribution is -2.18. The molecule has 0 saturated carbocycles. The fourth-order valence-corrected chi connectivity index (χ4v) is 1.05. The Labute approximate surface area is 83.4 Å². The monoisotopic (exact) mass is 202 g/mol. The largest absolute Gasteiger partial charge is 0.396 e. The summed E-state index contributed by atoms with van der Waals surface area (Å²) in [6.45, 7) is 4.77. The number of halogens is 2. The Morgan fingerprint density at radius 1 is 1.50 bits per heavy atom. The van der Waals surface area contributed by atoms with Crippen LogP contribution < -0.4 is 0 Å². The summed E-state index contributed by atoms with van der Waals surface area (Å²) in [5, 5.41) is 8.47. The van der Waals surface area contributed by atoms with E-state index in [2.05, 4.69) is 6.58 Å². The minimum absolute atomic E-state index is 0.0362. The van der Waals surface area contributed by atoms with Gasteiger partial charge >= 0.3 is 0 Å². The quantitative estimate of drug-likeness (QED) is 0.656. The molecule has 0 aliphatic carbocycles. The van der Waals surface area contributed by atoms with Crippen LogP contribution in [0, 0.1) is 0 Å². The first-order valence-electron chi connectivity index (χ1n) is 4.53. The maximum absolute atomic E-state index is 13.3. The van der Waals surface area contributed by atoms with Gasteiger partial charge in [-0.1, -0.05) is 30.9 Å². The van der Waals surface area contributed by atoms with Crippen LogP contribution in [-0.4, -0.2) is 17.6 Å². The minimum Gasteiger partial charge on any atom is -0.396 e. The Balaban J connectivity index is 4.49.